The van der Waals surface area contributed by atoms with Crippen molar-refractivity contribution in [3.05, 3.63) is 0 Å². The standard InChI is InChI=1S/C17H27NO2/c1-4-16(19)8-9-17(20)18-12-10-15(11-13-18)7-5-6-14(2)3/h14-15H,4,7-13H2,1-3H3. The van der Waals surface area contributed by atoms with E-state index in [1.165, 1.54) is 0 Å². The molecule has 0 saturated carbocycles. The highest BCUT2D eigenvalue weighted by atomic mass is 16.2. The molecule has 0 aromatic rings. The molecule has 1 saturated heterocycles. The van der Waals surface area contributed by atoms with Crippen molar-refractivity contribution in [1.29, 1.82) is 0 Å². The molecule has 0 atom stereocenters. The SMILES string of the molecule is CCC(=O)CCC(=O)N1CCC(CC#CC(C)C)CC1. The summed E-state index contributed by atoms with van der Waals surface area (Å²) in [5.41, 5.74) is 0. The second-order valence-electron chi connectivity index (χ2n) is 5.90. The van der Waals surface area contributed by atoms with Crippen LogP contribution in [0.3, 0.4) is 0 Å². The highest BCUT2D eigenvalue weighted by Crippen LogP contribution is 2.20. The smallest absolute Gasteiger partial charge is 0.223 e. The number of rotatable bonds is 5. The van der Waals surface area contributed by atoms with Gasteiger partial charge in [-0.25, -0.2) is 0 Å². The van der Waals surface area contributed by atoms with Crippen LogP contribution in [0.2, 0.25) is 0 Å². The van der Waals surface area contributed by atoms with E-state index in [0.29, 0.717) is 31.1 Å². The summed E-state index contributed by atoms with van der Waals surface area (Å²) in [5.74, 6) is 7.83. The van der Waals surface area contributed by atoms with Crippen LogP contribution in [-0.4, -0.2) is 29.7 Å². The van der Waals surface area contributed by atoms with Crippen molar-refractivity contribution in [1.82, 2.24) is 4.90 Å². The largest absolute Gasteiger partial charge is 0.343 e. The van der Waals surface area contributed by atoms with Gasteiger partial charge in [0.2, 0.25) is 5.91 Å². The fourth-order valence-corrected chi connectivity index (χ4v) is 2.38. The van der Waals surface area contributed by atoms with E-state index in [1.54, 1.807) is 0 Å². The van der Waals surface area contributed by atoms with Gasteiger partial charge in [-0.05, 0) is 18.8 Å². The van der Waals surface area contributed by atoms with Gasteiger partial charge in [-0.15, -0.1) is 11.8 Å². The summed E-state index contributed by atoms with van der Waals surface area (Å²) in [5, 5.41) is 0. The molecule has 0 aromatic heterocycles. The third-order valence-electron chi connectivity index (χ3n) is 3.76. The second kappa shape index (κ2) is 8.79. The Kier molecular flexibility index (Phi) is 7.36. The predicted molar refractivity (Wildman–Crippen MR) is 81.1 cm³/mol. The lowest BCUT2D eigenvalue weighted by molar-refractivity contribution is -0.134. The number of Topliss-reactive ketones (excluding diaryl/α,β-unsaturated/α-hetero) is 1. The lowest BCUT2D eigenvalue weighted by Crippen LogP contribution is -2.38. The maximum Gasteiger partial charge on any atom is 0.223 e. The first-order chi connectivity index (χ1) is 9.52. The van der Waals surface area contributed by atoms with Gasteiger partial charge in [0.25, 0.3) is 0 Å². The Balaban J connectivity index is 2.26. The number of nitrogens with zero attached hydrogens (tertiary/aromatic N) is 1. The molecule has 0 aromatic carbocycles. The van der Waals surface area contributed by atoms with E-state index in [4.69, 9.17) is 0 Å². The Morgan fingerprint density at radius 2 is 1.85 bits per heavy atom. The van der Waals surface area contributed by atoms with Crippen molar-refractivity contribution in [3.63, 3.8) is 0 Å². The summed E-state index contributed by atoms with van der Waals surface area (Å²) >= 11 is 0. The van der Waals surface area contributed by atoms with Gasteiger partial charge in [0.05, 0.1) is 0 Å². The number of piperidine rings is 1. The zero-order valence-corrected chi connectivity index (χ0v) is 13.1. The Hall–Kier alpha value is -1.30. The fraction of sp³-hybridized carbons (Fsp3) is 0.765. The van der Waals surface area contributed by atoms with Crippen molar-refractivity contribution in [2.75, 3.05) is 13.1 Å². The van der Waals surface area contributed by atoms with Gasteiger partial charge in [0, 0.05) is 44.7 Å². The van der Waals surface area contributed by atoms with Crippen LogP contribution in [0, 0.1) is 23.7 Å². The molecule has 0 aliphatic carbocycles. The summed E-state index contributed by atoms with van der Waals surface area (Å²) in [6, 6.07) is 0. The van der Waals surface area contributed by atoms with Gasteiger partial charge >= 0.3 is 0 Å². The molecular weight excluding hydrogens is 250 g/mol. The fourth-order valence-electron chi connectivity index (χ4n) is 2.38. The van der Waals surface area contributed by atoms with E-state index >= 15 is 0 Å². The molecule has 1 aliphatic rings. The monoisotopic (exact) mass is 277 g/mol. The third kappa shape index (κ3) is 6.23. The lowest BCUT2D eigenvalue weighted by Gasteiger charge is -2.31. The van der Waals surface area contributed by atoms with Gasteiger partial charge in [-0.3, -0.25) is 9.59 Å². The van der Waals surface area contributed by atoms with E-state index in [-0.39, 0.29) is 11.7 Å². The first kappa shape index (κ1) is 16.8. The number of hydrogen-bond donors (Lipinski definition) is 0. The molecule has 20 heavy (non-hydrogen) atoms. The molecule has 1 amide bonds. The topological polar surface area (TPSA) is 37.4 Å². The Morgan fingerprint density at radius 3 is 2.40 bits per heavy atom. The lowest BCUT2D eigenvalue weighted by atomic mass is 9.93. The molecule has 1 heterocycles. The average Bonchev–Trinajstić information content (AvgIpc) is 2.44. The number of likely N-dealkylation sites (tertiary alicyclic amines) is 1. The quantitative estimate of drug-likeness (QED) is 0.724. The first-order valence-electron chi connectivity index (χ1n) is 7.80. The molecule has 3 nitrogen and oxygen atoms in total. The molecule has 1 aliphatic heterocycles. The summed E-state index contributed by atoms with van der Waals surface area (Å²) in [6.07, 6.45) is 4.35. The maximum atomic E-state index is 12.0. The Labute approximate surface area is 123 Å². The zero-order chi connectivity index (χ0) is 15.0. The van der Waals surface area contributed by atoms with E-state index in [0.717, 1.165) is 32.4 Å². The molecular formula is C17H27NO2. The highest BCUT2D eigenvalue weighted by Gasteiger charge is 2.22. The molecule has 112 valence electrons. The number of carbonyl (C=O) groups is 2. The highest BCUT2D eigenvalue weighted by molar-refractivity contribution is 5.84. The van der Waals surface area contributed by atoms with Crippen LogP contribution in [-0.2, 0) is 9.59 Å². The van der Waals surface area contributed by atoms with E-state index in [9.17, 15) is 9.59 Å². The minimum Gasteiger partial charge on any atom is -0.343 e. The van der Waals surface area contributed by atoms with Crippen molar-refractivity contribution < 1.29 is 9.59 Å². The average molecular weight is 277 g/mol. The van der Waals surface area contributed by atoms with Gasteiger partial charge in [-0.1, -0.05) is 20.8 Å². The van der Waals surface area contributed by atoms with Crippen LogP contribution < -0.4 is 0 Å². The number of hydrogen-bond acceptors (Lipinski definition) is 2. The van der Waals surface area contributed by atoms with Crippen LogP contribution >= 0.6 is 0 Å². The number of carbonyl (C=O) groups excluding carboxylic acids is 2. The van der Waals surface area contributed by atoms with E-state index in [2.05, 4.69) is 25.7 Å². The van der Waals surface area contributed by atoms with Crippen molar-refractivity contribution >= 4 is 11.7 Å². The van der Waals surface area contributed by atoms with Gasteiger partial charge in [-0.2, -0.15) is 0 Å². The minimum absolute atomic E-state index is 0.138. The van der Waals surface area contributed by atoms with Crippen molar-refractivity contribution in [2.24, 2.45) is 11.8 Å². The summed E-state index contributed by atoms with van der Waals surface area (Å²) in [7, 11) is 0. The summed E-state index contributed by atoms with van der Waals surface area (Å²) in [6.45, 7) is 7.70. The Morgan fingerprint density at radius 1 is 1.20 bits per heavy atom. The van der Waals surface area contributed by atoms with Gasteiger partial charge in [0.1, 0.15) is 5.78 Å². The second-order valence-corrected chi connectivity index (χ2v) is 5.90. The molecule has 0 spiro atoms. The molecule has 0 unspecified atom stereocenters. The maximum absolute atomic E-state index is 12.0. The summed E-state index contributed by atoms with van der Waals surface area (Å²) < 4.78 is 0. The van der Waals surface area contributed by atoms with Crippen molar-refractivity contribution in [3.8, 4) is 11.8 Å². The van der Waals surface area contributed by atoms with E-state index in [1.807, 2.05) is 11.8 Å². The molecule has 1 fully saturated rings. The Bertz CT molecular complexity index is 382. The van der Waals surface area contributed by atoms with Crippen LogP contribution in [0.5, 0.6) is 0 Å². The van der Waals surface area contributed by atoms with Gasteiger partial charge in [0.15, 0.2) is 0 Å². The zero-order valence-electron chi connectivity index (χ0n) is 13.1. The molecule has 1 rings (SSSR count). The minimum atomic E-state index is 0.138. The normalized spacial score (nSPS) is 15.9. The van der Waals surface area contributed by atoms with Crippen molar-refractivity contribution in [2.45, 2.75) is 59.3 Å². The third-order valence-corrected chi connectivity index (χ3v) is 3.76. The van der Waals surface area contributed by atoms with Gasteiger partial charge < -0.3 is 4.90 Å². The van der Waals surface area contributed by atoms with Crippen LogP contribution in [0.15, 0.2) is 0 Å². The van der Waals surface area contributed by atoms with Crippen LogP contribution in [0.25, 0.3) is 0 Å². The van der Waals surface area contributed by atoms with Crippen LogP contribution in [0.4, 0.5) is 0 Å². The molecule has 0 radical (unpaired) electrons. The molecule has 0 bridgehead atoms. The number of amides is 1. The summed E-state index contributed by atoms with van der Waals surface area (Å²) in [4.78, 5) is 25.1. The molecule has 3 heteroatoms. The van der Waals surface area contributed by atoms with E-state index < -0.39 is 0 Å². The van der Waals surface area contributed by atoms with Crippen LogP contribution in [0.1, 0.15) is 59.3 Å². The molecule has 0 N–H and O–H groups in total. The number of ketones is 1. The predicted octanol–water partition coefficient (Wildman–Crippen LogP) is 3.03. The first-order valence-corrected chi connectivity index (χ1v) is 7.80.